The normalized spacial score (nSPS) is 15.6. The Bertz CT molecular complexity index is 269. The van der Waals surface area contributed by atoms with Crippen LogP contribution in [0, 0.1) is 0 Å². The largest absolute Gasteiger partial charge is 0.390 e. The molecule has 0 spiro atoms. The van der Waals surface area contributed by atoms with Crippen LogP contribution in [0.1, 0.15) is 17.4 Å². The van der Waals surface area contributed by atoms with Crippen LogP contribution in [0.25, 0.3) is 0 Å². The number of thiazole rings is 1. The lowest BCUT2D eigenvalue weighted by Crippen LogP contribution is -2.17. The molecule has 1 aromatic rings. The van der Waals surface area contributed by atoms with Gasteiger partial charge in [0.1, 0.15) is 6.10 Å². The number of aromatic nitrogens is 1. The topological polar surface area (TPSA) is 79.4 Å². The second-order valence-corrected chi connectivity index (χ2v) is 4.48. The van der Waals surface area contributed by atoms with Gasteiger partial charge in [-0.2, -0.15) is 0 Å². The highest BCUT2D eigenvalue weighted by Crippen LogP contribution is 2.25. The van der Waals surface area contributed by atoms with Gasteiger partial charge in [-0.05, 0) is 6.42 Å². The first-order chi connectivity index (χ1) is 6.15. The van der Waals surface area contributed by atoms with Crippen molar-refractivity contribution >= 4 is 32.4 Å². The van der Waals surface area contributed by atoms with Crippen LogP contribution in [-0.2, 0) is 0 Å². The van der Waals surface area contributed by atoms with E-state index in [2.05, 4.69) is 20.9 Å². The number of nitrogens with two attached hydrogens (primary N) is 1. The first kappa shape index (κ1) is 10.9. The summed E-state index contributed by atoms with van der Waals surface area (Å²) in [6.45, 7) is 0. The number of nitrogens with zero attached hydrogens (tertiary/aromatic N) is 1. The molecule has 13 heavy (non-hydrogen) atoms. The van der Waals surface area contributed by atoms with Crippen molar-refractivity contribution in [3.63, 3.8) is 0 Å². The molecule has 2 atom stereocenters. The van der Waals surface area contributed by atoms with Gasteiger partial charge in [0.05, 0.1) is 11.0 Å². The summed E-state index contributed by atoms with van der Waals surface area (Å²) in [6, 6.07) is 0. The molecule has 0 aliphatic rings. The van der Waals surface area contributed by atoms with Gasteiger partial charge < -0.3 is 15.9 Å². The Balaban J connectivity index is 2.61. The molecule has 74 valence electrons. The number of aliphatic hydroxyl groups excluding tert-OH is 2. The summed E-state index contributed by atoms with van der Waals surface area (Å²) in [6.07, 6.45) is 0.341. The lowest BCUT2D eigenvalue weighted by molar-refractivity contribution is 0.0194. The molecule has 0 radical (unpaired) electrons. The van der Waals surface area contributed by atoms with E-state index in [4.69, 9.17) is 5.73 Å². The van der Waals surface area contributed by atoms with Crippen molar-refractivity contribution in [2.24, 2.45) is 0 Å². The molecule has 0 amide bonds. The molecular formula is C7H11BrN2O2S. The number of nitrogen functional groups attached to an aromatic ring is 1. The lowest BCUT2D eigenvalue weighted by atomic mass is 10.1. The monoisotopic (exact) mass is 266 g/mol. The third-order valence-corrected chi connectivity index (χ3v) is 2.96. The van der Waals surface area contributed by atoms with E-state index >= 15 is 0 Å². The zero-order valence-corrected chi connectivity index (χ0v) is 9.25. The predicted molar refractivity (Wildman–Crippen MR) is 55.9 cm³/mol. The van der Waals surface area contributed by atoms with Gasteiger partial charge in [0, 0.05) is 11.5 Å². The third kappa shape index (κ3) is 2.91. The molecule has 0 fully saturated rings. The molecule has 0 aromatic carbocycles. The molecule has 6 heteroatoms. The van der Waals surface area contributed by atoms with Gasteiger partial charge in [0.25, 0.3) is 0 Å². The van der Waals surface area contributed by atoms with Crippen molar-refractivity contribution in [2.75, 3.05) is 11.1 Å². The van der Waals surface area contributed by atoms with E-state index in [0.29, 0.717) is 21.8 Å². The highest BCUT2D eigenvalue weighted by molar-refractivity contribution is 9.09. The van der Waals surface area contributed by atoms with Gasteiger partial charge in [0.15, 0.2) is 5.13 Å². The predicted octanol–water partition coefficient (Wildman–Crippen LogP) is 0.905. The van der Waals surface area contributed by atoms with Crippen molar-refractivity contribution < 1.29 is 10.2 Å². The number of hydrogen-bond acceptors (Lipinski definition) is 5. The van der Waals surface area contributed by atoms with Crippen LogP contribution < -0.4 is 5.73 Å². The number of alkyl halides is 1. The second kappa shape index (κ2) is 4.90. The maximum absolute atomic E-state index is 9.58. The van der Waals surface area contributed by atoms with Crippen molar-refractivity contribution in [1.29, 1.82) is 0 Å². The maximum Gasteiger partial charge on any atom is 0.180 e. The summed E-state index contributed by atoms with van der Waals surface area (Å²) in [5, 5.41) is 20.1. The van der Waals surface area contributed by atoms with Crippen molar-refractivity contribution in [3.05, 3.63) is 11.1 Å². The Labute approximate surface area is 88.5 Å². The zero-order chi connectivity index (χ0) is 9.84. The van der Waals surface area contributed by atoms with Gasteiger partial charge >= 0.3 is 0 Å². The second-order valence-electron chi connectivity index (χ2n) is 2.59. The minimum Gasteiger partial charge on any atom is -0.390 e. The minimum atomic E-state index is -0.882. The first-order valence-electron chi connectivity index (χ1n) is 3.78. The van der Waals surface area contributed by atoms with Crippen molar-refractivity contribution in [1.82, 2.24) is 4.98 Å². The van der Waals surface area contributed by atoms with E-state index in [-0.39, 0.29) is 0 Å². The first-order valence-corrected chi connectivity index (χ1v) is 5.72. The maximum atomic E-state index is 9.58. The van der Waals surface area contributed by atoms with Crippen LogP contribution in [0.15, 0.2) is 6.20 Å². The Morgan fingerprint density at radius 2 is 2.31 bits per heavy atom. The van der Waals surface area contributed by atoms with Crippen LogP contribution in [0.3, 0.4) is 0 Å². The summed E-state index contributed by atoms with van der Waals surface area (Å²) in [5.41, 5.74) is 5.40. The van der Waals surface area contributed by atoms with Crippen molar-refractivity contribution in [2.45, 2.75) is 18.6 Å². The number of rotatable bonds is 4. The van der Waals surface area contributed by atoms with Crippen LogP contribution in [0.2, 0.25) is 0 Å². The molecule has 4 N–H and O–H groups in total. The Kier molecular flexibility index (Phi) is 4.11. The Morgan fingerprint density at radius 1 is 1.62 bits per heavy atom. The van der Waals surface area contributed by atoms with E-state index in [1.165, 1.54) is 17.5 Å². The average molecular weight is 267 g/mol. The van der Waals surface area contributed by atoms with Crippen LogP contribution >= 0.6 is 27.3 Å². The summed E-state index contributed by atoms with van der Waals surface area (Å²) in [7, 11) is 0. The summed E-state index contributed by atoms with van der Waals surface area (Å²) >= 11 is 4.38. The lowest BCUT2D eigenvalue weighted by Gasteiger charge is -2.14. The molecule has 2 unspecified atom stereocenters. The zero-order valence-electron chi connectivity index (χ0n) is 6.85. The highest BCUT2D eigenvalue weighted by atomic mass is 79.9. The molecule has 0 bridgehead atoms. The quantitative estimate of drug-likeness (QED) is 0.708. The van der Waals surface area contributed by atoms with Gasteiger partial charge in [-0.25, -0.2) is 4.98 Å². The van der Waals surface area contributed by atoms with E-state index in [0.717, 1.165) is 0 Å². The fraction of sp³-hybridized carbons (Fsp3) is 0.571. The number of hydrogen-bond donors (Lipinski definition) is 3. The molecule has 1 heterocycles. The standard InChI is InChI=1S/C7H11BrN2O2S/c8-2-1-4(11)6(12)5-3-10-7(9)13-5/h3-4,6,11-12H,1-2H2,(H2,9,10). The molecule has 0 saturated carbocycles. The van der Waals surface area contributed by atoms with E-state index < -0.39 is 12.2 Å². The Hall–Kier alpha value is -0.170. The third-order valence-electron chi connectivity index (χ3n) is 1.60. The fourth-order valence-electron chi connectivity index (χ4n) is 0.897. The van der Waals surface area contributed by atoms with Gasteiger partial charge in [-0.1, -0.05) is 27.3 Å². The minimum absolute atomic E-state index is 0.403. The molecule has 0 aliphatic heterocycles. The summed E-state index contributed by atoms with van der Waals surface area (Å²) < 4.78 is 0. The fourth-order valence-corrected chi connectivity index (χ4v) is 2.10. The number of anilines is 1. The average Bonchev–Trinajstić information content (AvgIpc) is 2.51. The van der Waals surface area contributed by atoms with Crippen LogP contribution in [0.5, 0.6) is 0 Å². The van der Waals surface area contributed by atoms with Gasteiger partial charge in [0.2, 0.25) is 0 Å². The molecule has 0 saturated heterocycles. The van der Waals surface area contributed by atoms with Crippen LogP contribution in [-0.4, -0.2) is 26.6 Å². The number of halogens is 1. The molecule has 1 aromatic heterocycles. The van der Waals surface area contributed by atoms with Crippen LogP contribution in [0.4, 0.5) is 5.13 Å². The van der Waals surface area contributed by atoms with E-state index in [1.807, 2.05) is 0 Å². The SMILES string of the molecule is Nc1ncc(C(O)C(O)CCBr)s1. The smallest absolute Gasteiger partial charge is 0.180 e. The van der Waals surface area contributed by atoms with E-state index in [1.54, 1.807) is 0 Å². The number of aliphatic hydroxyl groups is 2. The summed E-state index contributed by atoms with van der Waals surface area (Å²) in [4.78, 5) is 4.40. The molecular weight excluding hydrogens is 256 g/mol. The van der Waals surface area contributed by atoms with Crippen molar-refractivity contribution in [3.8, 4) is 0 Å². The van der Waals surface area contributed by atoms with Gasteiger partial charge in [-0.3, -0.25) is 0 Å². The molecule has 4 nitrogen and oxygen atoms in total. The highest BCUT2D eigenvalue weighted by Gasteiger charge is 2.19. The Morgan fingerprint density at radius 3 is 2.77 bits per heavy atom. The van der Waals surface area contributed by atoms with E-state index in [9.17, 15) is 10.2 Å². The molecule has 0 aliphatic carbocycles. The molecule has 1 rings (SSSR count). The van der Waals surface area contributed by atoms with Gasteiger partial charge in [-0.15, -0.1) is 0 Å². The summed E-state index contributed by atoms with van der Waals surface area (Å²) in [5.74, 6) is 0.